The highest BCUT2D eigenvalue weighted by molar-refractivity contribution is 6.36. The first-order valence-electron chi connectivity index (χ1n) is 10.4. The maximum Gasteiger partial charge on any atom is 0.278 e. The molecule has 0 atom stereocenters. The smallest absolute Gasteiger partial charge is 0.278 e. The van der Waals surface area contributed by atoms with Crippen LogP contribution in [-0.2, 0) is 16.0 Å². The summed E-state index contributed by atoms with van der Waals surface area (Å²) in [6.45, 7) is 0.177. The van der Waals surface area contributed by atoms with Crippen molar-refractivity contribution in [3.05, 3.63) is 95.4 Å². The number of carbonyl (C=O) groups is 2. The summed E-state index contributed by atoms with van der Waals surface area (Å²) in [5.41, 5.74) is 2.55. The molecule has 0 aromatic heterocycles. The highest BCUT2D eigenvalue weighted by Crippen LogP contribution is 2.34. The Morgan fingerprint density at radius 1 is 0.848 bits per heavy atom. The molecule has 0 aliphatic carbocycles. The van der Waals surface area contributed by atoms with Crippen LogP contribution in [0.5, 0.6) is 11.5 Å². The van der Waals surface area contributed by atoms with E-state index in [1.54, 1.807) is 49.6 Å². The molecule has 0 unspecified atom stereocenters. The van der Waals surface area contributed by atoms with Gasteiger partial charge in [-0.15, -0.1) is 0 Å². The summed E-state index contributed by atoms with van der Waals surface area (Å²) in [6.07, 6.45) is 0.420. The van der Waals surface area contributed by atoms with Gasteiger partial charge in [0.25, 0.3) is 11.8 Å². The third-order valence-electron chi connectivity index (χ3n) is 5.42. The lowest BCUT2D eigenvalue weighted by Crippen LogP contribution is -2.34. The predicted molar refractivity (Wildman–Crippen MR) is 123 cm³/mol. The van der Waals surface area contributed by atoms with Gasteiger partial charge in [-0.2, -0.15) is 0 Å². The number of methoxy groups -OCH3 is 2. The summed E-state index contributed by atoms with van der Waals surface area (Å²) in [7, 11) is 3.07. The fraction of sp³-hybridized carbons (Fsp3) is 0.154. The van der Waals surface area contributed by atoms with Crippen molar-refractivity contribution in [1.82, 2.24) is 4.90 Å². The van der Waals surface area contributed by atoms with Crippen LogP contribution in [0.2, 0.25) is 0 Å². The number of benzene rings is 3. The van der Waals surface area contributed by atoms with Crippen LogP contribution in [0.1, 0.15) is 11.1 Å². The van der Waals surface area contributed by atoms with E-state index in [-0.39, 0.29) is 24.0 Å². The van der Waals surface area contributed by atoms with Gasteiger partial charge in [-0.3, -0.25) is 14.5 Å². The van der Waals surface area contributed by atoms with Crippen LogP contribution < -0.4 is 14.8 Å². The standard InChI is InChI=1S/C26H23FN2O4/c1-32-21-13-12-20(16-22(21)33-2)28-24-23(18-6-4-3-5-7-18)25(30)29(26(24)31)15-14-17-8-10-19(27)11-9-17/h3-13,16,28H,14-15H2,1-2H3. The van der Waals surface area contributed by atoms with Gasteiger partial charge in [0.15, 0.2) is 11.5 Å². The van der Waals surface area contributed by atoms with E-state index in [2.05, 4.69) is 5.32 Å². The third kappa shape index (κ3) is 4.57. The van der Waals surface area contributed by atoms with Crippen molar-refractivity contribution in [2.75, 3.05) is 26.1 Å². The minimum absolute atomic E-state index is 0.177. The van der Waals surface area contributed by atoms with Gasteiger partial charge in [-0.1, -0.05) is 42.5 Å². The zero-order valence-electron chi connectivity index (χ0n) is 18.3. The number of carbonyl (C=O) groups excluding carboxylic acids is 2. The summed E-state index contributed by atoms with van der Waals surface area (Å²) >= 11 is 0. The SMILES string of the molecule is COc1ccc(NC2=C(c3ccccc3)C(=O)N(CCc3ccc(F)cc3)C2=O)cc1OC. The van der Waals surface area contributed by atoms with E-state index in [4.69, 9.17) is 9.47 Å². The van der Waals surface area contributed by atoms with Crippen molar-refractivity contribution < 1.29 is 23.5 Å². The van der Waals surface area contributed by atoms with Crippen molar-refractivity contribution in [2.45, 2.75) is 6.42 Å². The Balaban J connectivity index is 1.65. The molecule has 168 valence electrons. The van der Waals surface area contributed by atoms with Crippen molar-refractivity contribution in [1.29, 1.82) is 0 Å². The average molecular weight is 446 g/mol. The molecular weight excluding hydrogens is 423 g/mol. The van der Waals surface area contributed by atoms with Crippen molar-refractivity contribution in [2.24, 2.45) is 0 Å². The maximum absolute atomic E-state index is 13.3. The molecule has 7 heteroatoms. The lowest BCUT2D eigenvalue weighted by Gasteiger charge is -2.16. The summed E-state index contributed by atoms with van der Waals surface area (Å²) < 4.78 is 23.8. The number of imide groups is 1. The second-order valence-electron chi connectivity index (χ2n) is 7.45. The van der Waals surface area contributed by atoms with Crippen molar-refractivity contribution in [3.63, 3.8) is 0 Å². The molecule has 1 heterocycles. The highest BCUT2D eigenvalue weighted by atomic mass is 19.1. The topological polar surface area (TPSA) is 67.9 Å². The molecule has 0 radical (unpaired) electrons. The second-order valence-corrected chi connectivity index (χ2v) is 7.45. The zero-order valence-corrected chi connectivity index (χ0v) is 18.3. The van der Waals surface area contributed by atoms with Gasteiger partial charge in [0.2, 0.25) is 0 Å². The monoisotopic (exact) mass is 446 g/mol. The average Bonchev–Trinajstić information content (AvgIpc) is 3.07. The Morgan fingerprint density at radius 2 is 1.55 bits per heavy atom. The number of ether oxygens (including phenoxy) is 2. The number of anilines is 1. The summed E-state index contributed by atoms with van der Waals surface area (Å²) in [5.74, 6) is -0.0853. The van der Waals surface area contributed by atoms with Gasteiger partial charge < -0.3 is 14.8 Å². The van der Waals surface area contributed by atoms with Gasteiger partial charge in [-0.25, -0.2) is 4.39 Å². The minimum Gasteiger partial charge on any atom is -0.493 e. The number of halogens is 1. The molecule has 0 saturated carbocycles. The molecule has 1 aliphatic heterocycles. The lowest BCUT2D eigenvalue weighted by molar-refractivity contribution is -0.136. The van der Waals surface area contributed by atoms with E-state index in [9.17, 15) is 14.0 Å². The van der Waals surface area contributed by atoms with E-state index in [0.717, 1.165) is 5.56 Å². The second kappa shape index (κ2) is 9.56. The maximum atomic E-state index is 13.3. The Kier molecular flexibility index (Phi) is 6.40. The van der Waals surface area contributed by atoms with Crippen LogP contribution >= 0.6 is 0 Å². The molecule has 3 aromatic rings. The largest absolute Gasteiger partial charge is 0.493 e. The molecule has 1 aliphatic rings. The van der Waals surface area contributed by atoms with Gasteiger partial charge >= 0.3 is 0 Å². The molecular formula is C26H23FN2O4. The lowest BCUT2D eigenvalue weighted by atomic mass is 10.0. The summed E-state index contributed by atoms with van der Waals surface area (Å²) in [6, 6.07) is 20.2. The Bertz CT molecular complexity index is 1210. The van der Waals surface area contributed by atoms with E-state index in [1.165, 1.54) is 24.1 Å². The molecule has 6 nitrogen and oxygen atoms in total. The molecule has 4 rings (SSSR count). The summed E-state index contributed by atoms with van der Waals surface area (Å²) in [5, 5.41) is 3.11. The van der Waals surface area contributed by atoms with Crippen LogP contribution in [0.25, 0.3) is 5.57 Å². The molecule has 33 heavy (non-hydrogen) atoms. The predicted octanol–water partition coefficient (Wildman–Crippen LogP) is 4.28. The first-order valence-corrected chi connectivity index (χ1v) is 10.4. The van der Waals surface area contributed by atoms with Crippen LogP contribution in [0.4, 0.5) is 10.1 Å². The highest BCUT2D eigenvalue weighted by Gasteiger charge is 2.39. The van der Waals surface area contributed by atoms with Crippen LogP contribution in [0.3, 0.4) is 0 Å². The van der Waals surface area contributed by atoms with Crippen LogP contribution in [0, 0.1) is 5.82 Å². The number of nitrogens with one attached hydrogen (secondary N) is 1. The van der Waals surface area contributed by atoms with E-state index in [1.807, 2.05) is 18.2 Å². The number of nitrogens with zero attached hydrogens (tertiary/aromatic N) is 1. The third-order valence-corrected chi connectivity index (χ3v) is 5.42. The minimum atomic E-state index is -0.421. The number of hydrogen-bond acceptors (Lipinski definition) is 5. The van der Waals surface area contributed by atoms with Gasteiger partial charge in [0.1, 0.15) is 11.5 Å². The molecule has 2 amide bonds. The van der Waals surface area contributed by atoms with E-state index < -0.39 is 5.91 Å². The van der Waals surface area contributed by atoms with Crippen LogP contribution in [0.15, 0.2) is 78.5 Å². The molecule has 3 aromatic carbocycles. The van der Waals surface area contributed by atoms with Crippen molar-refractivity contribution >= 4 is 23.1 Å². The molecule has 0 saturated heterocycles. The van der Waals surface area contributed by atoms with Gasteiger partial charge in [0.05, 0.1) is 19.8 Å². The fourth-order valence-electron chi connectivity index (χ4n) is 3.72. The number of hydrogen-bond donors (Lipinski definition) is 1. The molecule has 0 spiro atoms. The van der Waals surface area contributed by atoms with E-state index in [0.29, 0.717) is 34.7 Å². The molecule has 0 fully saturated rings. The quantitative estimate of drug-likeness (QED) is 0.523. The van der Waals surface area contributed by atoms with Gasteiger partial charge in [0, 0.05) is 18.3 Å². The normalized spacial score (nSPS) is 13.5. The fourth-order valence-corrected chi connectivity index (χ4v) is 3.72. The zero-order chi connectivity index (χ0) is 23.4. The molecule has 1 N–H and O–H groups in total. The first-order chi connectivity index (χ1) is 16.0. The number of rotatable bonds is 8. The summed E-state index contributed by atoms with van der Waals surface area (Å²) in [4.78, 5) is 27.9. The van der Waals surface area contributed by atoms with Crippen LogP contribution in [-0.4, -0.2) is 37.5 Å². The number of amides is 2. The van der Waals surface area contributed by atoms with Crippen molar-refractivity contribution in [3.8, 4) is 11.5 Å². The molecule has 0 bridgehead atoms. The van der Waals surface area contributed by atoms with Gasteiger partial charge in [-0.05, 0) is 41.8 Å². The first kappa shape index (κ1) is 22.1. The Labute approximate surface area is 191 Å². The van der Waals surface area contributed by atoms with E-state index >= 15 is 0 Å². The Morgan fingerprint density at radius 3 is 2.21 bits per heavy atom. The Hall–Kier alpha value is -4.13.